The molecule has 1 aliphatic rings. The second-order valence-corrected chi connectivity index (χ2v) is 7.96. The molecule has 1 saturated heterocycles. The molecule has 0 unspecified atom stereocenters. The number of halogens is 3. The van der Waals surface area contributed by atoms with E-state index in [2.05, 4.69) is 20.6 Å². The summed E-state index contributed by atoms with van der Waals surface area (Å²) < 4.78 is 40.8. The van der Waals surface area contributed by atoms with E-state index < -0.39 is 17.8 Å². The van der Waals surface area contributed by atoms with Crippen molar-refractivity contribution in [2.45, 2.75) is 37.9 Å². The van der Waals surface area contributed by atoms with Crippen LogP contribution in [0.5, 0.6) is 0 Å². The molecule has 0 saturated carbocycles. The summed E-state index contributed by atoms with van der Waals surface area (Å²) >= 11 is 0. The van der Waals surface area contributed by atoms with Gasteiger partial charge < -0.3 is 10.6 Å². The second kappa shape index (κ2) is 8.30. The lowest BCUT2D eigenvalue weighted by atomic mass is 9.92. The van der Waals surface area contributed by atoms with Crippen LogP contribution in [-0.2, 0) is 13.2 Å². The number of nitrogens with zero attached hydrogens (tertiary/aromatic N) is 3. The minimum atomic E-state index is -4.40. The van der Waals surface area contributed by atoms with E-state index in [0.717, 1.165) is 38.1 Å². The Hall–Kier alpha value is -2.94. The highest BCUT2D eigenvalue weighted by molar-refractivity contribution is 5.87. The van der Waals surface area contributed by atoms with Crippen molar-refractivity contribution in [1.82, 2.24) is 19.9 Å². The first-order valence-corrected chi connectivity index (χ1v) is 10.2. The maximum Gasteiger partial charge on any atom is 0.416 e. The summed E-state index contributed by atoms with van der Waals surface area (Å²) in [6, 6.07) is 6.62. The largest absolute Gasteiger partial charge is 0.416 e. The molecule has 1 aliphatic heterocycles. The Balaban J connectivity index is 1.72. The van der Waals surface area contributed by atoms with Crippen molar-refractivity contribution >= 4 is 16.9 Å². The third-order valence-corrected chi connectivity index (χ3v) is 5.84. The Morgan fingerprint density at radius 1 is 1.26 bits per heavy atom. The van der Waals surface area contributed by atoms with E-state index in [4.69, 9.17) is 0 Å². The van der Waals surface area contributed by atoms with Gasteiger partial charge in [-0.15, -0.1) is 0 Å². The van der Waals surface area contributed by atoms with Crippen molar-refractivity contribution in [3.05, 3.63) is 63.7 Å². The van der Waals surface area contributed by atoms with Crippen molar-refractivity contribution < 1.29 is 13.2 Å². The Kier molecular flexibility index (Phi) is 5.70. The maximum absolute atomic E-state index is 13.1. The van der Waals surface area contributed by atoms with Gasteiger partial charge in [0.2, 0.25) is 0 Å². The fourth-order valence-electron chi connectivity index (χ4n) is 4.09. The molecule has 3 aromatic rings. The van der Waals surface area contributed by atoms with E-state index in [1.165, 1.54) is 17.0 Å². The molecule has 6 nitrogen and oxygen atoms in total. The van der Waals surface area contributed by atoms with Gasteiger partial charge in [-0.25, -0.2) is 9.97 Å². The number of alkyl halides is 3. The summed E-state index contributed by atoms with van der Waals surface area (Å²) in [7, 11) is 1.68. The summed E-state index contributed by atoms with van der Waals surface area (Å²) in [6.45, 7) is 3.45. The van der Waals surface area contributed by atoms with Gasteiger partial charge in [-0.05, 0) is 50.1 Å². The maximum atomic E-state index is 13.1. The Morgan fingerprint density at radius 3 is 2.77 bits per heavy atom. The Labute approximate surface area is 177 Å². The van der Waals surface area contributed by atoms with Gasteiger partial charge in [-0.2, -0.15) is 13.2 Å². The minimum Gasteiger partial charge on any atom is -0.363 e. The average molecular weight is 431 g/mol. The normalized spacial score (nSPS) is 18.2. The van der Waals surface area contributed by atoms with Gasteiger partial charge in [0.1, 0.15) is 17.8 Å². The van der Waals surface area contributed by atoms with Crippen molar-refractivity contribution in [2.24, 2.45) is 7.05 Å². The Bertz CT molecular complexity index is 1150. The van der Waals surface area contributed by atoms with Crippen LogP contribution in [0.1, 0.15) is 48.4 Å². The number of aryl methyl sites for hydroxylation is 1. The van der Waals surface area contributed by atoms with Crippen molar-refractivity contribution in [1.29, 1.82) is 0 Å². The molecule has 0 aliphatic carbocycles. The lowest BCUT2D eigenvalue weighted by molar-refractivity contribution is -0.137. The average Bonchev–Trinajstić information content (AvgIpc) is 2.76. The molecule has 3 heterocycles. The number of piperidine rings is 1. The van der Waals surface area contributed by atoms with E-state index in [0.29, 0.717) is 28.0 Å². The van der Waals surface area contributed by atoms with Crippen LogP contribution in [0.4, 0.5) is 19.0 Å². The third kappa shape index (κ3) is 4.27. The fraction of sp³-hybridized carbons (Fsp3) is 0.409. The molecule has 164 valence electrons. The number of rotatable bonds is 4. The summed E-state index contributed by atoms with van der Waals surface area (Å²) in [6.07, 6.45) is -1.14. The van der Waals surface area contributed by atoms with Crippen LogP contribution < -0.4 is 16.2 Å². The molecule has 2 atom stereocenters. The summed E-state index contributed by atoms with van der Waals surface area (Å²) in [5.41, 5.74) is 0.888. The Morgan fingerprint density at radius 2 is 2.06 bits per heavy atom. The van der Waals surface area contributed by atoms with Crippen molar-refractivity contribution in [3.8, 4) is 0 Å². The number of fused-ring (bicyclic) bond motifs is 1. The smallest absolute Gasteiger partial charge is 0.363 e. The molecule has 31 heavy (non-hydrogen) atoms. The first-order valence-electron chi connectivity index (χ1n) is 10.2. The number of benzene rings is 1. The van der Waals surface area contributed by atoms with Gasteiger partial charge in [-0.3, -0.25) is 9.36 Å². The zero-order chi connectivity index (χ0) is 22.2. The molecule has 0 radical (unpaired) electrons. The summed E-state index contributed by atoms with van der Waals surface area (Å²) in [5, 5.41) is 7.20. The van der Waals surface area contributed by atoms with Crippen LogP contribution in [0.25, 0.3) is 11.0 Å². The van der Waals surface area contributed by atoms with Crippen LogP contribution in [0.15, 0.2) is 41.5 Å². The van der Waals surface area contributed by atoms with Gasteiger partial charge in [0.25, 0.3) is 5.56 Å². The molecule has 1 aromatic carbocycles. The van der Waals surface area contributed by atoms with Crippen LogP contribution in [-0.4, -0.2) is 27.6 Å². The molecular formula is C22H24F3N5O. The number of pyridine rings is 1. The number of nitrogens with one attached hydrogen (secondary N) is 2. The van der Waals surface area contributed by atoms with E-state index in [1.54, 1.807) is 20.0 Å². The molecule has 2 aromatic heterocycles. The third-order valence-electron chi connectivity index (χ3n) is 5.84. The van der Waals surface area contributed by atoms with Crippen LogP contribution in [0.3, 0.4) is 0 Å². The van der Waals surface area contributed by atoms with Gasteiger partial charge in [0.05, 0.1) is 10.9 Å². The van der Waals surface area contributed by atoms with Gasteiger partial charge >= 0.3 is 6.18 Å². The highest BCUT2D eigenvalue weighted by Crippen LogP contribution is 2.32. The zero-order valence-electron chi connectivity index (χ0n) is 17.3. The molecule has 1 fully saturated rings. The fourth-order valence-corrected chi connectivity index (χ4v) is 4.09. The van der Waals surface area contributed by atoms with E-state index in [-0.39, 0.29) is 11.5 Å². The zero-order valence-corrected chi connectivity index (χ0v) is 17.3. The highest BCUT2D eigenvalue weighted by Gasteiger charge is 2.30. The first-order chi connectivity index (χ1) is 14.8. The second-order valence-electron chi connectivity index (χ2n) is 7.96. The summed E-state index contributed by atoms with van der Waals surface area (Å²) in [4.78, 5) is 21.5. The van der Waals surface area contributed by atoms with E-state index in [9.17, 15) is 18.0 Å². The predicted octanol–water partition coefficient (Wildman–Crippen LogP) is 3.99. The minimum absolute atomic E-state index is 0.0863. The molecule has 0 spiro atoms. The van der Waals surface area contributed by atoms with E-state index in [1.807, 2.05) is 6.07 Å². The molecule has 0 amide bonds. The SMILES string of the molecule is C[C@@H](Nc1ncnc2c1cc([C@H]1CCCNC1)c(=O)n2C)c1cccc(C(F)(F)F)c1. The number of hydrogen-bond donors (Lipinski definition) is 2. The van der Waals surface area contributed by atoms with Crippen molar-refractivity contribution in [2.75, 3.05) is 18.4 Å². The summed E-state index contributed by atoms with van der Waals surface area (Å²) in [5.74, 6) is 0.585. The van der Waals surface area contributed by atoms with E-state index >= 15 is 0 Å². The quantitative estimate of drug-likeness (QED) is 0.654. The van der Waals surface area contributed by atoms with Crippen molar-refractivity contribution in [3.63, 3.8) is 0 Å². The standard InChI is InChI=1S/C22H24F3N5O/c1-13(14-5-3-7-16(9-14)22(23,24)25)29-19-18-10-17(15-6-4-8-26-11-15)21(31)30(2)20(18)28-12-27-19/h3,5,7,9-10,12-13,15,26H,4,6,8,11H2,1-2H3,(H,27,28,29)/t13-,15+/m1/s1. The molecule has 0 bridgehead atoms. The lowest BCUT2D eigenvalue weighted by Crippen LogP contribution is -2.33. The van der Waals surface area contributed by atoms with Gasteiger partial charge in [0, 0.05) is 31.1 Å². The van der Waals surface area contributed by atoms with Crippen LogP contribution in [0.2, 0.25) is 0 Å². The first kappa shape index (κ1) is 21.3. The number of aromatic nitrogens is 3. The molecular weight excluding hydrogens is 407 g/mol. The molecule has 4 rings (SSSR count). The predicted molar refractivity (Wildman–Crippen MR) is 113 cm³/mol. The molecule has 2 N–H and O–H groups in total. The van der Waals surface area contributed by atoms with Gasteiger partial charge in [-0.1, -0.05) is 12.1 Å². The monoisotopic (exact) mass is 431 g/mol. The number of hydrogen-bond acceptors (Lipinski definition) is 5. The van der Waals surface area contributed by atoms with Crippen LogP contribution >= 0.6 is 0 Å². The van der Waals surface area contributed by atoms with Gasteiger partial charge in [0.15, 0.2) is 0 Å². The number of anilines is 1. The van der Waals surface area contributed by atoms with Crippen LogP contribution in [0, 0.1) is 0 Å². The molecule has 9 heteroatoms. The highest BCUT2D eigenvalue weighted by atomic mass is 19.4. The topological polar surface area (TPSA) is 71.8 Å². The lowest BCUT2D eigenvalue weighted by Gasteiger charge is -2.24.